The minimum absolute atomic E-state index is 0.0782. The van der Waals surface area contributed by atoms with E-state index in [1.54, 1.807) is 18.2 Å². The Bertz CT molecular complexity index is 652. The molecule has 0 spiro atoms. The Morgan fingerprint density at radius 2 is 2.10 bits per heavy atom. The minimum atomic E-state index is -0.496. The van der Waals surface area contributed by atoms with Gasteiger partial charge in [0.1, 0.15) is 13.0 Å². The molecule has 0 bridgehead atoms. The van der Waals surface area contributed by atoms with Crippen molar-refractivity contribution in [3.8, 4) is 17.6 Å². The number of fused-ring (bicyclic) bond motifs is 1. The largest absolute Gasteiger partial charge is 0.454 e. The number of carbonyl (C=O) groups excluding carboxylic acids is 2. The lowest BCUT2D eigenvalue weighted by Gasteiger charge is -2.18. The maximum Gasteiger partial charge on any atom is 0.414 e. The molecule has 2 aliphatic heterocycles. The van der Waals surface area contributed by atoms with Crippen molar-refractivity contribution in [2.24, 2.45) is 0 Å². The molecule has 0 unspecified atom stereocenters. The van der Waals surface area contributed by atoms with E-state index in [1.165, 1.54) is 4.90 Å². The first-order valence-corrected chi connectivity index (χ1v) is 6.24. The summed E-state index contributed by atoms with van der Waals surface area (Å²) in [4.78, 5) is 24.7. The predicted octanol–water partition coefficient (Wildman–Crippen LogP) is 1.22. The second-order valence-corrected chi connectivity index (χ2v) is 4.37. The van der Waals surface area contributed by atoms with Gasteiger partial charge in [-0.2, -0.15) is 5.26 Å². The summed E-state index contributed by atoms with van der Waals surface area (Å²) in [7, 11) is 0. The van der Waals surface area contributed by atoms with Gasteiger partial charge in [-0.25, -0.2) is 4.79 Å². The second-order valence-electron chi connectivity index (χ2n) is 4.37. The SMILES string of the molecule is N#CCC(=O)Nc1cc2c(cc1N1CCOC1=O)OCO2. The topological polar surface area (TPSA) is 101 Å². The Labute approximate surface area is 119 Å². The van der Waals surface area contributed by atoms with Gasteiger partial charge in [0.05, 0.1) is 24.0 Å². The lowest BCUT2D eigenvalue weighted by Crippen LogP contribution is -2.25. The summed E-state index contributed by atoms with van der Waals surface area (Å²) in [6.07, 6.45) is -0.775. The van der Waals surface area contributed by atoms with Gasteiger partial charge in [0.25, 0.3) is 0 Å². The fourth-order valence-electron chi connectivity index (χ4n) is 2.13. The quantitative estimate of drug-likeness (QED) is 0.898. The molecule has 8 nitrogen and oxygen atoms in total. The van der Waals surface area contributed by atoms with Gasteiger partial charge in [0, 0.05) is 12.1 Å². The van der Waals surface area contributed by atoms with Crippen LogP contribution in [0, 0.1) is 11.3 Å². The smallest absolute Gasteiger partial charge is 0.414 e. The van der Waals surface area contributed by atoms with Crippen LogP contribution in [-0.2, 0) is 9.53 Å². The number of amides is 2. The van der Waals surface area contributed by atoms with Crippen LogP contribution in [0.1, 0.15) is 6.42 Å². The van der Waals surface area contributed by atoms with Crippen molar-refractivity contribution < 1.29 is 23.8 Å². The first-order valence-electron chi connectivity index (χ1n) is 6.24. The van der Waals surface area contributed by atoms with Gasteiger partial charge >= 0.3 is 6.09 Å². The fourth-order valence-corrected chi connectivity index (χ4v) is 2.13. The van der Waals surface area contributed by atoms with E-state index in [2.05, 4.69) is 5.32 Å². The zero-order valence-corrected chi connectivity index (χ0v) is 10.9. The van der Waals surface area contributed by atoms with Crippen LogP contribution in [0.25, 0.3) is 0 Å². The molecule has 1 N–H and O–H groups in total. The molecule has 3 rings (SSSR count). The number of nitrogens with one attached hydrogen (secondary N) is 1. The number of hydrogen-bond donors (Lipinski definition) is 1. The van der Waals surface area contributed by atoms with Gasteiger partial charge in [-0.1, -0.05) is 0 Å². The first kappa shape index (κ1) is 13.1. The Hall–Kier alpha value is -2.95. The molecular formula is C13H11N3O5. The summed E-state index contributed by atoms with van der Waals surface area (Å²) >= 11 is 0. The van der Waals surface area contributed by atoms with Crippen LogP contribution in [0.4, 0.5) is 16.2 Å². The maximum atomic E-state index is 11.7. The molecule has 2 aliphatic rings. The van der Waals surface area contributed by atoms with E-state index in [0.717, 1.165) is 0 Å². The molecule has 1 saturated heterocycles. The van der Waals surface area contributed by atoms with Crippen LogP contribution in [0.3, 0.4) is 0 Å². The fraction of sp³-hybridized carbons (Fsp3) is 0.308. The Kier molecular flexibility index (Phi) is 3.23. The number of carbonyl (C=O) groups is 2. The Balaban J connectivity index is 1.98. The van der Waals surface area contributed by atoms with Crippen LogP contribution in [-0.4, -0.2) is 31.9 Å². The minimum Gasteiger partial charge on any atom is -0.454 e. The molecule has 2 amide bonds. The summed E-state index contributed by atoms with van der Waals surface area (Å²) in [5, 5.41) is 11.1. The summed E-state index contributed by atoms with van der Waals surface area (Å²) in [6.45, 7) is 0.729. The van der Waals surface area contributed by atoms with E-state index < -0.39 is 12.0 Å². The summed E-state index contributed by atoms with van der Waals surface area (Å²) in [5.41, 5.74) is 0.825. The van der Waals surface area contributed by atoms with Crippen LogP contribution in [0.5, 0.6) is 11.5 Å². The molecule has 1 aromatic rings. The van der Waals surface area contributed by atoms with Gasteiger partial charge in [0.2, 0.25) is 12.7 Å². The third-order valence-corrected chi connectivity index (χ3v) is 3.06. The predicted molar refractivity (Wildman–Crippen MR) is 70.1 cm³/mol. The van der Waals surface area contributed by atoms with Crippen molar-refractivity contribution in [2.45, 2.75) is 6.42 Å². The maximum absolute atomic E-state index is 11.7. The van der Waals surface area contributed by atoms with Crippen LogP contribution >= 0.6 is 0 Å². The third-order valence-electron chi connectivity index (χ3n) is 3.06. The molecule has 1 aromatic carbocycles. The number of nitriles is 1. The van der Waals surface area contributed by atoms with E-state index in [-0.39, 0.29) is 19.8 Å². The molecule has 108 valence electrons. The highest BCUT2D eigenvalue weighted by molar-refractivity contribution is 6.01. The summed E-state index contributed by atoms with van der Waals surface area (Å²) < 4.78 is 15.4. The summed E-state index contributed by atoms with van der Waals surface area (Å²) in [5.74, 6) is 0.492. The van der Waals surface area contributed by atoms with Crippen molar-refractivity contribution in [2.75, 3.05) is 30.2 Å². The number of ether oxygens (including phenoxy) is 3. The zero-order valence-electron chi connectivity index (χ0n) is 10.9. The average Bonchev–Trinajstić information content (AvgIpc) is 3.06. The second kappa shape index (κ2) is 5.20. The van der Waals surface area contributed by atoms with Crippen LogP contribution in [0.2, 0.25) is 0 Å². The monoisotopic (exact) mass is 289 g/mol. The lowest BCUT2D eigenvalue weighted by atomic mass is 10.2. The molecule has 0 radical (unpaired) electrons. The zero-order chi connectivity index (χ0) is 14.8. The first-order chi connectivity index (χ1) is 10.2. The molecule has 2 heterocycles. The van der Waals surface area contributed by atoms with Gasteiger partial charge in [-0.3, -0.25) is 9.69 Å². The molecule has 1 fully saturated rings. The standard InChI is InChI=1S/C13H11N3O5/c14-2-1-12(17)15-8-5-10-11(21-7-20-10)6-9(8)16-3-4-19-13(16)18/h5-6H,1,3-4,7H2,(H,15,17). The molecule has 0 aromatic heterocycles. The highest BCUT2D eigenvalue weighted by Gasteiger charge is 2.29. The summed E-state index contributed by atoms with van der Waals surface area (Å²) in [6, 6.07) is 4.94. The van der Waals surface area contributed by atoms with E-state index in [0.29, 0.717) is 29.4 Å². The van der Waals surface area contributed by atoms with Crippen molar-refractivity contribution in [3.63, 3.8) is 0 Å². The number of anilines is 2. The molecular weight excluding hydrogens is 278 g/mol. The van der Waals surface area contributed by atoms with Crippen molar-refractivity contribution in [1.29, 1.82) is 5.26 Å². The molecule has 21 heavy (non-hydrogen) atoms. The van der Waals surface area contributed by atoms with Crippen LogP contribution < -0.4 is 19.7 Å². The number of rotatable bonds is 3. The molecule has 0 aliphatic carbocycles. The van der Waals surface area contributed by atoms with Gasteiger partial charge < -0.3 is 19.5 Å². The van der Waals surface area contributed by atoms with Gasteiger partial charge in [0.15, 0.2) is 11.5 Å². The number of nitrogens with zero attached hydrogens (tertiary/aromatic N) is 2. The van der Waals surface area contributed by atoms with Gasteiger partial charge in [-0.15, -0.1) is 0 Å². The van der Waals surface area contributed by atoms with E-state index in [9.17, 15) is 9.59 Å². The van der Waals surface area contributed by atoms with E-state index in [4.69, 9.17) is 19.5 Å². The number of benzene rings is 1. The van der Waals surface area contributed by atoms with Crippen molar-refractivity contribution in [3.05, 3.63) is 12.1 Å². The molecule has 0 saturated carbocycles. The number of cyclic esters (lactones) is 1. The normalized spacial score (nSPS) is 15.6. The highest BCUT2D eigenvalue weighted by atomic mass is 16.7. The highest BCUT2D eigenvalue weighted by Crippen LogP contribution is 2.41. The van der Waals surface area contributed by atoms with Crippen molar-refractivity contribution >= 4 is 23.4 Å². The average molecular weight is 289 g/mol. The number of hydrogen-bond acceptors (Lipinski definition) is 6. The Morgan fingerprint density at radius 1 is 1.33 bits per heavy atom. The van der Waals surface area contributed by atoms with Crippen LogP contribution in [0.15, 0.2) is 12.1 Å². The lowest BCUT2D eigenvalue weighted by molar-refractivity contribution is -0.115. The van der Waals surface area contributed by atoms with E-state index in [1.807, 2.05) is 0 Å². The Morgan fingerprint density at radius 3 is 2.76 bits per heavy atom. The third kappa shape index (κ3) is 2.41. The molecule has 0 atom stereocenters. The molecule has 8 heteroatoms. The van der Waals surface area contributed by atoms with E-state index >= 15 is 0 Å². The van der Waals surface area contributed by atoms with Gasteiger partial charge in [-0.05, 0) is 0 Å². The van der Waals surface area contributed by atoms with Crippen molar-refractivity contribution in [1.82, 2.24) is 0 Å².